The third-order valence-electron chi connectivity index (χ3n) is 7.32. The highest BCUT2D eigenvalue weighted by Crippen LogP contribution is 2.48. The summed E-state index contributed by atoms with van der Waals surface area (Å²) in [6.07, 6.45) is 0. The predicted molar refractivity (Wildman–Crippen MR) is 157 cm³/mol. The van der Waals surface area contributed by atoms with Gasteiger partial charge in [-0.3, -0.25) is 0 Å². The number of rotatable bonds is 1. The van der Waals surface area contributed by atoms with Gasteiger partial charge in [0.1, 0.15) is 0 Å². The molecule has 7 rings (SSSR count). The minimum absolute atomic E-state index is 0.713. The maximum absolute atomic E-state index is 6.72. The Morgan fingerprint density at radius 1 is 0.361 bits per heavy atom. The number of hydrogen-bond donors (Lipinski definition) is 4. The summed E-state index contributed by atoms with van der Waals surface area (Å²) in [5.74, 6) is 0. The van der Waals surface area contributed by atoms with Gasteiger partial charge in [0.05, 0.1) is 0 Å². The van der Waals surface area contributed by atoms with Crippen LogP contribution in [0.25, 0.3) is 65.0 Å². The first-order chi connectivity index (χ1) is 17.5. The van der Waals surface area contributed by atoms with Crippen LogP contribution in [0, 0.1) is 0 Å². The molecule has 172 valence electrons. The van der Waals surface area contributed by atoms with E-state index in [2.05, 4.69) is 54.6 Å². The molecule has 0 saturated heterocycles. The molecular weight excluding hydrogens is 440 g/mol. The van der Waals surface area contributed by atoms with Crippen LogP contribution in [0.4, 0.5) is 22.7 Å². The van der Waals surface area contributed by atoms with Gasteiger partial charge < -0.3 is 22.9 Å². The minimum atomic E-state index is 0.713. The van der Waals surface area contributed by atoms with E-state index in [1.165, 1.54) is 0 Å². The van der Waals surface area contributed by atoms with Crippen molar-refractivity contribution in [2.24, 2.45) is 0 Å². The fourth-order valence-corrected chi connectivity index (χ4v) is 5.84. The highest BCUT2D eigenvalue weighted by Gasteiger charge is 2.20. The van der Waals surface area contributed by atoms with Crippen LogP contribution in [0.3, 0.4) is 0 Å². The largest absolute Gasteiger partial charge is 0.399 e. The van der Waals surface area contributed by atoms with Crippen molar-refractivity contribution in [2.75, 3.05) is 22.9 Å². The van der Waals surface area contributed by atoms with E-state index < -0.39 is 0 Å². The molecule has 0 aliphatic heterocycles. The molecule has 8 N–H and O–H groups in total. The lowest BCUT2D eigenvalue weighted by Crippen LogP contribution is -1.96. The summed E-state index contributed by atoms with van der Waals surface area (Å²) in [6, 6.07) is 32.8. The van der Waals surface area contributed by atoms with Gasteiger partial charge in [-0.25, -0.2) is 0 Å². The molecule has 4 heteroatoms. The topological polar surface area (TPSA) is 104 Å². The number of benzene rings is 7. The predicted octanol–water partition coefficient (Wildman–Crippen LogP) is 7.45. The molecule has 0 bridgehead atoms. The fraction of sp³-hybridized carbons (Fsp3) is 0. The Morgan fingerprint density at radius 3 is 1.39 bits per heavy atom. The highest BCUT2D eigenvalue weighted by atomic mass is 14.6. The lowest BCUT2D eigenvalue weighted by Gasteiger charge is -2.20. The molecule has 7 aromatic rings. The minimum Gasteiger partial charge on any atom is -0.399 e. The Kier molecular flexibility index (Phi) is 4.12. The molecule has 0 atom stereocenters. The first-order valence-electron chi connectivity index (χ1n) is 11.9. The molecule has 0 amide bonds. The molecule has 0 fully saturated rings. The van der Waals surface area contributed by atoms with Crippen molar-refractivity contribution in [3.8, 4) is 11.1 Å². The monoisotopic (exact) mass is 464 g/mol. The van der Waals surface area contributed by atoms with Gasteiger partial charge in [0.25, 0.3) is 0 Å². The molecule has 7 aromatic carbocycles. The molecule has 0 heterocycles. The second-order valence-electron chi connectivity index (χ2n) is 9.48. The Bertz CT molecular complexity index is 2010. The SMILES string of the molecule is Nc1ccc2c3ccc(N)cc3c3c4c(-c5ccccc5)c(N)ccc4c4ccc(N)cc4c3c2c1. The summed E-state index contributed by atoms with van der Waals surface area (Å²) in [7, 11) is 0. The third-order valence-corrected chi connectivity index (χ3v) is 7.32. The van der Waals surface area contributed by atoms with E-state index in [-0.39, 0.29) is 0 Å². The average Bonchev–Trinajstić information content (AvgIpc) is 2.88. The number of anilines is 4. The average molecular weight is 465 g/mol. The van der Waals surface area contributed by atoms with E-state index in [1.54, 1.807) is 0 Å². The van der Waals surface area contributed by atoms with Crippen molar-refractivity contribution in [1.29, 1.82) is 0 Å². The van der Waals surface area contributed by atoms with Crippen molar-refractivity contribution in [3.63, 3.8) is 0 Å². The number of fused-ring (bicyclic) bond motifs is 11. The number of nitrogen functional groups attached to an aromatic ring is 4. The number of nitrogens with two attached hydrogens (primary N) is 4. The van der Waals surface area contributed by atoms with E-state index in [0.29, 0.717) is 17.1 Å². The number of hydrogen-bond acceptors (Lipinski definition) is 4. The maximum atomic E-state index is 6.72. The Hall–Kier alpha value is -4.96. The first kappa shape index (κ1) is 20.4. The molecule has 4 nitrogen and oxygen atoms in total. The summed E-state index contributed by atoms with van der Waals surface area (Å²) in [5, 5.41) is 11.1. The summed E-state index contributed by atoms with van der Waals surface area (Å²) >= 11 is 0. The van der Waals surface area contributed by atoms with Gasteiger partial charge in [-0.2, -0.15) is 0 Å². The van der Waals surface area contributed by atoms with E-state index >= 15 is 0 Å². The van der Waals surface area contributed by atoms with E-state index in [0.717, 1.165) is 70.7 Å². The smallest absolute Gasteiger partial charge is 0.0400 e. The quantitative estimate of drug-likeness (QED) is 0.150. The first-order valence-corrected chi connectivity index (χ1v) is 11.9. The molecule has 0 radical (unpaired) electrons. The van der Waals surface area contributed by atoms with Crippen molar-refractivity contribution in [2.45, 2.75) is 0 Å². The van der Waals surface area contributed by atoms with Gasteiger partial charge in [0.2, 0.25) is 0 Å². The zero-order valence-corrected chi connectivity index (χ0v) is 19.5. The fourth-order valence-electron chi connectivity index (χ4n) is 5.84. The van der Waals surface area contributed by atoms with Gasteiger partial charge in [0.15, 0.2) is 0 Å². The van der Waals surface area contributed by atoms with Crippen molar-refractivity contribution in [3.05, 3.63) is 97.1 Å². The second kappa shape index (κ2) is 7.27. The summed E-state index contributed by atoms with van der Waals surface area (Å²) in [6.45, 7) is 0. The summed E-state index contributed by atoms with van der Waals surface area (Å²) < 4.78 is 0. The van der Waals surface area contributed by atoms with Crippen LogP contribution in [0.1, 0.15) is 0 Å². The van der Waals surface area contributed by atoms with Crippen LogP contribution in [-0.4, -0.2) is 0 Å². The van der Waals surface area contributed by atoms with Gasteiger partial charge in [-0.05, 0) is 96.5 Å². The normalized spacial score (nSPS) is 11.8. The van der Waals surface area contributed by atoms with Crippen LogP contribution < -0.4 is 22.9 Å². The lowest BCUT2D eigenvalue weighted by molar-refractivity contribution is 1.65. The second-order valence-corrected chi connectivity index (χ2v) is 9.48. The van der Waals surface area contributed by atoms with Gasteiger partial charge in [-0.15, -0.1) is 0 Å². The molecule has 0 aliphatic rings. The van der Waals surface area contributed by atoms with Crippen LogP contribution in [0.5, 0.6) is 0 Å². The van der Waals surface area contributed by atoms with Crippen LogP contribution >= 0.6 is 0 Å². The molecule has 36 heavy (non-hydrogen) atoms. The van der Waals surface area contributed by atoms with Gasteiger partial charge >= 0.3 is 0 Å². The summed E-state index contributed by atoms with van der Waals surface area (Å²) in [4.78, 5) is 0. The molecule has 0 aliphatic carbocycles. The van der Waals surface area contributed by atoms with Crippen LogP contribution in [0.2, 0.25) is 0 Å². The Labute approximate surface area is 207 Å². The summed E-state index contributed by atoms with van der Waals surface area (Å²) in [5.41, 5.74) is 30.8. The zero-order chi connectivity index (χ0) is 24.6. The maximum Gasteiger partial charge on any atom is 0.0400 e. The molecular formula is C32H24N4. The van der Waals surface area contributed by atoms with Crippen LogP contribution in [-0.2, 0) is 0 Å². The third kappa shape index (κ3) is 2.75. The highest BCUT2D eigenvalue weighted by molar-refractivity contribution is 6.41. The van der Waals surface area contributed by atoms with Crippen molar-refractivity contribution in [1.82, 2.24) is 0 Å². The standard InChI is InChI=1S/C32H24N4/c33-18-6-9-21-22-10-7-20(35)16-27(22)32-30(25(21)14-18)26-15-19(34)8-11-23(26)24-12-13-28(36)29(31(24)32)17-4-2-1-3-5-17/h1-16H,33-36H2. The van der Waals surface area contributed by atoms with Gasteiger partial charge in [0, 0.05) is 33.7 Å². The molecule has 0 unspecified atom stereocenters. The Balaban J connectivity index is 1.93. The zero-order valence-electron chi connectivity index (χ0n) is 19.5. The van der Waals surface area contributed by atoms with E-state index in [1.807, 2.05) is 42.5 Å². The molecule has 0 saturated carbocycles. The van der Waals surface area contributed by atoms with Crippen molar-refractivity contribution < 1.29 is 0 Å². The lowest BCUT2D eigenvalue weighted by atomic mass is 9.84. The van der Waals surface area contributed by atoms with Crippen molar-refractivity contribution >= 4 is 76.6 Å². The van der Waals surface area contributed by atoms with E-state index in [9.17, 15) is 0 Å². The van der Waals surface area contributed by atoms with Crippen LogP contribution in [0.15, 0.2) is 97.1 Å². The molecule has 0 spiro atoms. The van der Waals surface area contributed by atoms with E-state index in [4.69, 9.17) is 22.9 Å². The molecule has 0 aromatic heterocycles. The Morgan fingerprint density at radius 2 is 0.833 bits per heavy atom. The van der Waals surface area contributed by atoms with Gasteiger partial charge in [-0.1, -0.05) is 54.6 Å².